The zero-order chi connectivity index (χ0) is 6.69. The van der Waals surface area contributed by atoms with E-state index in [-0.39, 0.29) is 14.1 Å². The summed E-state index contributed by atoms with van der Waals surface area (Å²) in [6.45, 7) is 0. The van der Waals surface area contributed by atoms with Gasteiger partial charge in [0.15, 0.2) is 0 Å². The molecule has 0 aliphatic rings. The first-order chi connectivity index (χ1) is 4.33. The number of hydrogen-bond donors (Lipinski definition) is 0. The summed E-state index contributed by atoms with van der Waals surface area (Å²) in [4.78, 5) is 10.1. The molecule has 0 radical (unpaired) electrons. The van der Waals surface area contributed by atoms with Gasteiger partial charge in [0.1, 0.15) is 6.29 Å². The Morgan fingerprint density at radius 3 is 1.75 bits per heavy atom. The fourth-order valence-corrected chi connectivity index (χ4v) is 0.806. The predicted molar refractivity (Wildman–Crippen MR) is 47.0 cm³/mol. The second-order valence-electron chi connectivity index (χ2n) is 1.67. The Kier molecular flexibility index (Phi) is 11.9. The van der Waals surface area contributed by atoms with Crippen LogP contribution in [0.25, 0.3) is 0 Å². The summed E-state index contributed by atoms with van der Waals surface area (Å²) in [5.41, 5.74) is 0.707. The summed E-state index contributed by atoms with van der Waals surface area (Å²) in [5, 5.41) is 0. The van der Waals surface area contributed by atoms with E-state index in [1.54, 1.807) is 12.1 Å². The van der Waals surface area contributed by atoms with Crippen molar-refractivity contribution in [3.05, 3.63) is 34.3 Å². The van der Waals surface area contributed by atoms with Crippen molar-refractivity contribution in [1.82, 2.24) is 0 Å². The van der Waals surface area contributed by atoms with E-state index in [2.05, 4.69) is 15.9 Å². The maximum Gasteiger partial charge on any atom is 0.150 e. The van der Waals surface area contributed by atoms with Gasteiger partial charge in [0.2, 0.25) is 0 Å². The van der Waals surface area contributed by atoms with Gasteiger partial charge in [-0.1, -0.05) is 28.1 Å². The summed E-state index contributed by atoms with van der Waals surface area (Å²) in [6, 6.07) is 7.20. The molecule has 1 nitrogen and oxygen atoms in total. The van der Waals surface area contributed by atoms with Gasteiger partial charge in [-0.15, -0.1) is 0 Å². The van der Waals surface area contributed by atoms with Crippen molar-refractivity contribution >= 4 is 22.2 Å². The van der Waals surface area contributed by atoms with Crippen molar-refractivity contribution in [2.24, 2.45) is 0 Å². The smallest absolute Gasteiger partial charge is 0.150 e. The quantitative estimate of drug-likeness (QED) is 0.695. The van der Waals surface area contributed by atoms with Crippen molar-refractivity contribution in [2.75, 3.05) is 0 Å². The minimum Gasteiger partial charge on any atom is -0.298 e. The highest BCUT2D eigenvalue weighted by atomic mass is 79.9. The molecule has 0 aliphatic heterocycles. The Balaban J connectivity index is -0.000000270. The van der Waals surface area contributed by atoms with E-state index in [9.17, 15) is 4.79 Å². The molecule has 1 rings (SSSR count). The predicted octanol–water partition coefficient (Wildman–Crippen LogP) is 2.72. The molecule has 5 heteroatoms. The van der Waals surface area contributed by atoms with Crippen molar-refractivity contribution in [3.63, 3.8) is 0 Å². The van der Waals surface area contributed by atoms with Crippen LogP contribution in [0.5, 0.6) is 0 Å². The lowest BCUT2D eigenvalue weighted by atomic mass is 10.2. The highest BCUT2D eigenvalue weighted by Crippen LogP contribution is 2.08. The molecule has 0 atom stereocenters. The second-order valence-corrected chi connectivity index (χ2v) is 2.59. The van der Waals surface area contributed by atoms with Crippen LogP contribution in [0, 0.1) is 0 Å². The van der Waals surface area contributed by atoms with Gasteiger partial charge in [-0.25, -0.2) is 0 Å². The van der Waals surface area contributed by atoms with E-state index in [0.717, 1.165) is 10.8 Å². The molecular weight excluding hydrogens is 237 g/mol. The van der Waals surface area contributed by atoms with E-state index >= 15 is 0 Å². The van der Waals surface area contributed by atoms with Gasteiger partial charge in [-0.3, -0.25) is 18.9 Å². The number of aldehydes is 1. The molecule has 1 aromatic carbocycles. The number of benzene rings is 1. The molecule has 12 heavy (non-hydrogen) atoms. The van der Waals surface area contributed by atoms with Gasteiger partial charge in [-0.05, 0) is 12.1 Å². The lowest BCUT2D eigenvalue weighted by Crippen LogP contribution is -1.75. The number of carbonyl (C=O) groups is 1. The van der Waals surface area contributed by atoms with Crippen LogP contribution in [-0.4, -0.2) is 6.29 Å². The largest absolute Gasteiger partial charge is 0.298 e. The fourth-order valence-electron chi connectivity index (χ4n) is 0.541. The van der Waals surface area contributed by atoms with Gasteiger partial charge >= 0.3 is 0 Å². The fraction of sp³-hybridized carbons (Fsp3) is 0. The van der Waals surface area contributed by atoms with Crippen LogP contribution in [0.1, 0.15) is 10.4 Å². The average molecular weight is 245 g/mol. The van der Waals surface area contributed by atoms with E-state index in [1.807, 2.05) is 12.1 Å². The van der Waals surface area contributed by atoms with Crippen molar-refractivity contribution < 1.29 is 18.9 Å². The number of hydrogen-bond acceptors (Lipinski definition) is 1. The summed E-state index contributed by atoms with van der Waals surface area (Å²) in [7, 11) is 0. The average Bonchev–Trinajstić information content (AvgIpc) is 1.90. The van der Waals surface area contributed by atoms with Gasteiger partial charge < -0.3 is 0 Å². The first kappa shape index (κ1) is 17.3. The number of rotatable bonds is 1. The molecule has 0 aromatic heterocycles. The van der Waals surface area contributed by atoms with Crippen LogP contribution in [0.15, 0.2) is 28.7 Å². The van der Waals surface area contributed by atoms with Crippen molar-refractivity contribution in [1.29, 1.82) is 0 Å². The Labute approximate surface area is 76.0 Å². The molecule has 0 spiro atoms. The first-order valence-electron chi connectivity index (χ1n) is 2.53. The van der Waals surface area contributed by atoms with Gasteiger partial charge in [0, 0.05) is 10.0 Å². The first-order valence-corrected chi connectivity index (χ1v) is 3.33. The van der Waals surface area contributed by atoms with Crippen LogP contribution in [0.3, 0.4) is 0 Å². The van der Waals surface area contributed by atoms with Crippen LogP contribution >= 0.6 is 15.9 Å². The third kappa shape index (κ3) is 4.90. The van der Waals surface area contributed by atoms with Crippen molar-refractivity contribution in [2.45, 2.75) is 0 Å². The van der Waals surface area contributed by atoms with Crippen LogP contribution in [0.4, 0.5) is 14.1 Å². The van der Waals surface area contributed by atoms with Crippen LogP contribution < -0.4 is 0 Å². The molecular formula is C7H8BrF3O. The van der Waals surface area contributed by atoms with Crippen LogP contribution in [-0.2, 0) is 0 Å². The molecule has 0 amide bonds. The summed E-state index contributed by atoms with van der Waals surface area (Å²) in [6.07, 6.45) is 0.826. The number of halogens is 4. The monoisotopic (exact) mass is 244 g/mol. The molecule has 0 bridgehead atoms. The number of carbonyl (C=O) groups excluding carboxylic acids is 1. The Hall–Kier alpha value is -0.840. The topological polar surface area (TPSA) is 17.1 Å². The Bertz CT molecular complexity index is 212. The molecule has 70 valence electrons. The molecule has 0 aliphatic carbocycles. The zero-order valence-electron chi connectivity index (χ0n) is 5.90. The van der Waals surface area contributed by atoms with E-state index < -0.39 is 0 Å². The normalized spacial score (nSPS) is 6.75. The van der Waals surface area contributed by atoms with Crippen LogP contribution in [0.2, 0.25) is 0 Å². The summed E-state index contributed by atoms with van der Waals surface area (Å²) in [5.74, 6) is 0. The zero-order valence-corrected chi connectivity index (χ0v) is 7.48. The lowest BCUT2D eigenvalue weighted by Gasteiger charge is -1.87. The van der Waals surface area contributed by atoms with E-state index in [4.69, 9.17) is 0 Å². The molecule has 0 saturated carbocycles. The summed E-state index contributed by atoms with van der Waals surface area (Å²) < 4.78 is 0.994. The van der Waals surface area contributed by atoms with Gasteiger partial charge in [0.25, 0.3) is 0 Å². The summed E-state index contributed by atoms with van der Waals surface area (Å²) >= 11 is 3.26. The molecule has 0 saturated heterocycles. The van der Waals surface area contributed by atoms with E-state index in [0.29, 0.717) is 5.56 Å². The second kappa shape index (κ2) is 8.26. The minimum absolute atomic E-state index is 0. The molecule has 0 unspecified atom stereocenters. The highest BCUT2D eigenvalue weighted by molar-refractivity contribution is 9.10. The minimum atomic E-state index is 0. The third-order valence-corrected chi connectivity index (χ3v) is 1.53. The highest BCUT2D eigenvalue weighted by Gasteiger charge is 1.86. The van der Waals surface area contributed by atoms with Gasteiger partial charge in [-0.2, -0.15) is 0 Å². The Morgan fingerprint density at radius 2 is 1.42 bits per heavy atom. The molecule has 0 heterocycles. The molecule has 0 N–H and O–H groups in total. The molecule has 1 aromatic rings. The van der Waals surface area contributed by atoms with Crippen molar-refractivity contribution in [3.8, 4) is 0 Å². The lowest BCUT2D eigenvalue weighted by molar-refractivity contribution is 0.112. The third-order valence-electron chi connectivity index (χ3n) is 1.01. The Morgan fingerprint density at radius 1 is 1.00 bits per heavy atom. The maximum absolute atomic E-state index is 10.1. The molecule has 0 fully saturated rings. The van der Waals surface area contributed by atoms with E-state index in [1.165, 1.54) is 0 Å². The SMILES string of the molecule is F.F.F.O=Cc1ccc(Br)cc1. The maximum atomic E-state index is 10.1. The standard InChI is InChI=1S/C7H5BrO.3FH/c8-7-3-1-6(5-9)2-4-7;;;/h1-5H;3*1H. The van der Waals surface area contributed by atoms with Gasteiger partial charge in [0.05, 0.1) is 0 Å².